The normalized spacial score (nSPS) is 11.0. The first-order chi connectivity index (χ1) is 12.8. The number of para-hydroxylation sites is 1. The van der Waals surface area contributed by atoms with Gasteiger partial charge in [0.15, 0.2) is 0 Å². The second-order valence-electron chi connectivity index (χ2n) is 6.29. The molecular weight excluding hydrogens is 340 g/mol. The van der Waals surface area contributed by atoms with E-state index in [0.29, 0.717) is 5.15 Å². The molecule has 0 bridgehead atoms. The second-order valence-corrected chi connectivity index (χ2v) is 6.65. The highest BCUT2D eigenvalue weighted by Gasteiger charge is 2.25. The lowest BCUT2D eigenvalue weighted by Crippen LogP contribution is -2.05. The standard InChI is InChI=1S/C23H19ClN2/c1-17-21(23(24)26(25-17)20-15-9-4-10-16-20)22(18-11-5-2-6-12-18)19-13-7-3-8-14-19/h2-16,22H,1H3. The number of rotatable bonds is 4. The van der Waals surface area contributed by atoms with Crippen LogP contribution in [-0.4, -0.2) is 9.78 Å². The Bertz CT molecular complexity index is 953. The van der Waals surface area contributed by atoms with Gasteiger partial charge in [-0.1, -0.05) is 90.5 Å². The van der Waals surface area contributed by atoms with Crippen LogP contribution in [0.25, 0.3) is 5.69 Å². The fourth-order valence-corrected chi connectivity index (χ4v) is 3.78. The van der Waals surface area contributed by atoms with E-state index in [-0.39, 0.29) is 5.92 Å². The molecule has 4 aromatic rings. The monoisotopic (exact) mass is 358 g/mol. The highest BCUT2D eigenvalue weighted by atomic mass is 35.5. The van der Waals surface area contributed by atoms with Crippen LogP contribution in [0, 0.1) is 6.92 Å². The molecule has 0 saturated carbocycles. The maximum Gasteiger partial charge on any atom is 0.137 e. The highest BCUT2D eigenvalue weighted by Crippen LogP contribution is 2.38. The topological polar surface area (TPSA) is 17.8 Å². The summed E-state index contributed by atoms with van der Waals surface area (Å²) >= 11 is 6.86. The summed E-state index contributed by atoms with van der Waals surface area (Å²) in [5.41, 5.74) is 5.36. The van der Waals surface area contributed by atoms with Crippen molar-refractivity contribution in [3.05, 3.63) is 119 Å². The zero-order chi connectivity index (χ0) is 17.9. The quantitative estimate of drug-likeness (QED) is 0.436. The molecule has 0 N–H and O–H groups in total. The van der Waals surface area contributed by atoms with Crippen molar-refractivity contribution in [2.45, 2.75) is 12.8 Å². The Labute approximate surface area is 158 Å². The summed E-state index contributed by atoms with van der Waals surface area (Å²) in [7, 11) is 0. The van der Waals surface area contributed by atoms with Crippen LogP contribution in [-0.2, 0) is 0 Å². The van der Waals surface area contributed by atoms with E-state index in [4.69, 9.17) is 16.7 Å². The van der Waals surface area contributed by atoms with Gasteiger partial charge in [-0.3, -0.25) is 0 Å². The van der Waals surface area contributed by atoms with Gasteiger partial charge in [-0.15, -0.1) is 0 Å². The molecule has 0 aliphatic carbocycles. The van der Waals surface area contributed by atoms with Crippen LogP contribution in [0.1, 0.15) is 28.3 Å². The molecule has 128 valence electrons. The number of nitrogens with zero attached hydrogens (tertiary/aromatic N) is 2. The smallest absolute Gasteiger partial charge is 0.137 e. The van der Waals surface area contributed by atoms with E-state index < -0.39 is 0 Å². The van der Waals surface area contributed by atoms with Gasteiger partial charge in [0.1, 0.15) is 5.15 Å². The summed E-state index contributed by atoms with van der Waals surface area (Å²) in [6.07, 6.45) is 0. The fraction of sp³-hybridized carbons (Fsp3) is 0.0870. The molecule has 0 amide bonds. The number of halogens is 1. The molecule has 3 aromatic carbocycles. The van der Waals surface area contributed by atoms with Crippen LogP contribution in [0.3, 0.4) is 0 Å². The average molecular weight is 359 g/mol. The van der Waals surface area contributed by atoms with Gasteiger partial charge in [0.2, 0.25) is 0 Å². The zero-order valence-corrected chi connectivity index (χ0v) is 15.3. The number of benzene rings is 3. The van der Waals surface area contributed by atoms with E-state index in [2.05, 4.69) is 48.5 Å². The van der Waals surface area contributed by atoms with Crippen molar-refractivity contribution in [2.24, 2.45) is 0 Å². The summed E-state index contributed by atoms with van der Waals surface area (Å²) in [6.45, 7) is 2.03. The van der Waals surface area contributed by atoms with Crippen LogP contribution in [0.15, 0.2) is 91.0 Å². The average Bonchev–Trinajstić information content (AvgIpc) is 2.99. The summed E-state index contributed by atoms with van der Waals surface area (Å²) in [5, 5.41) is 5.40. The summed E-state index contributed by atoms with van der Waals surface area (Å²) < 4.78 is 1.82. The molecule has 0 radical (unpaired) electrons. The summed E-state index contributed by atoms with van der Waals surface area (Å²) in [6, 6.07) is 30.9. The Balaban J connectivity index is 1.92. The largest absolute Gasteiger partial charge is 0.222 e. The molecule has 26 heavy (non-hydrogen) atoms. The first kappa shape index (κ1) is 16.6. The van der Waals surface area contributed by atoms with E-state index in [1.807, 2.05) is 54.1 Å². The zero-order valence-electron chi connectivity index (χ0n) is 14.5. The molecule has 0 unspecified atom stereocenters. The molecule has 0 saturated heterocycles. The van der Waals surface area contributed by atoms with Gasteiger partial charge < -0.3 is 0 Å². The predicted octanol–water partition coefficient (Wildman–Crippen LogP) is 6.01. The van der Waals surface area contributed by atoms with Crippen LogP contribution in [0.5, 0.6) is 0 Å². The van der Waals surface area contributed by atoms with Crippen molar-refractivity contribution in [1.82, 2.24) is 9.78 Å². The first-order valence-corrected chi connectivity index (χ1v) is 9.04. The molecule has 1 heterocycles. The molecule has 1 aromatic heterocycles. The van der Waals surface area contributed by atoms with Gasteiger partial charge >= 0.3 is 0 Å². The van der Waals surface area contributed by atoms with E-state index >= 15 is 0 Å². The van der Waals surface area contributed by atoms with Gasteiger partial charge in [-0.2, -0.15) is 5.10 Å². The number of hydrogen-bond donors (Lipinski definition) is 0. The Morgan fingerprint density at radius 1 is 0.731 bits per heavy atom. The molecule has 0 aliphatic heterocycles. The van der Waals surface area contributed by atoms with Crippen LogP contribution in [0.4, 0.5) is 0 Å². The van der Waals surface area contributed by atoms with Gasteiger partial charge in [0, 0.05) is 11.5 Å². The minimum Gasteiger partial charge on any atom is -0.222 e. The van der Waals surface area contributed by atoms with Crippen molar-refractivity contribution in [3.63, 3.8) is 0 Å². The number of hydrogen-bond acceptors (Lipinski definition) is 1. The molecule has 4 rings (SSSR count). The van der Waals surface area contributed by atoms with Crippen molar-refractivity contribution in [1.29, 1.82) is 0 Å². The van der Waals surface area contributed by atoms with Crippen molar-refractivity contribution >= 4 is 11.6 Å². The predicted molar refractivity (Wildman–Crippen MR) is 107 cm³/mol. The molecule has 0 spiro atoms. The lowest BCUT2D eigenvalue weighted by molar-refractivity contribution is 0.863. The first-order valence-electron chi connectivity index (χ1n) is 8.66. The van der Waals surface area contributed by atoms with Crippen LogP contribution >= 0.6 is 11.6 Å². The summed E-state index contributed by atoms with van der Waals surface area (Å²) in [4.78, 5) is 0. The Morgan fingerprint density at radius 3 is 1.69 bits per heavy atom. The molecule has 0 aliphatic rings. The van der Waals surface area contributed by atoms with Gasteiger partial charge in [-0.05, 0) is 30.2 Å². The second kappa shape index (κ2) is 7.19. The van der Waals surface area contributed by atoms with E-state index in [1.165, 1.54) is 11.1 Å². The van der Waals surface area contributed by atoms with E-state index in [1.54, 1.807) is 0 Å². The van der Waals surface area contributed by atoms with Crippen LogP contribution in [0.2, 0.25) is 5.15 Å². The number of aryl methyl sites for hydroxylation is 1. The van der Waals surface area contributed by atoms with Gasteiger partial charge in [0.05, 0.1) is 11.4 Å². The minimum atomic E-state index is 0.0439. The molecule has 0 atom stereocenters. The van der Waals surface area contributed by atoms with Crippen LogP contribution < -0.4 is 0 Å². The fourth-order valence-electron chi connectivity index (χ4n) is 3.40. The molecule has 3 heteroatoms. The minimum absolute atomic E-state index is 0.0439. The third kappa shape index (κ3) is 3.04. The van der Waals surface area contributed by atoms with E-state index in [9.17, 15) is 0 Å². The van der Waals surface area contributed by atoms with Crippen molar-refractivity contribution in [2.75, 3.05) is 0 Å². The van der Waals surface area contributed by atoms with Gasteiger partial charge in [0.25, 0.3) is 0 Å². The highest BCUT2D eigenvalue weighted by molar-refractivity contribution is 6.30. The number of aromatic nitrogens is 2. The van der Waals surface area contributed by atoms with Crippen molar-refractivity contribution < 1.29 is 0 Å². The third-order valence-corrected chi connectivity index (χ3v) is 4.97. The Hall–Kier alpha value is -2.84. The van der Waals surface area contributed by atoms with Gasteiger partial charge in [-0.25, -0.2) is 4.68 Å². The maximum atomic E-state index is 6.86. The Morgan fingerprint density at radius 2 is 1.19 bits per heavy atom. The van der Waals surface area contributed by atoms with Crippen molar-refractivity contribution in [3.8, 4) is 5.69 Å². The molecule has 0 fully saturated rings. The SMILES string of the molecule is Cc1nn(-c2ccccc2)c(Cl)c1C(c1ccccc1)c1ccccc1. The third-order valence-electron chi connectivity index (χ3n) is 4.60. The molecular formula is C23H19ClN2. The Kier molecular flexibility index (Phi) is 4.59. The lowest BCUT2D eigenvalue weighted by Gasteiger charge is -2.18. The maximum absolute atomic E-state index is 6.86. The lowest BCUT2D eigenvalue weighted by atomic mass is 9.85. The summed E-state index contributed by atoms with van der Waals surface area (Å²) in [5.74, 6) is 0.0439. The molecule has 2 nitrogen and oxygen atoms in total. The van der Waals surface area contributed by atoms with E-state index in [0.717, 1.165) is 16.9 Å².